The van der Waals surface area contributed by atoms with Crippen molar-refractivity contribution in [3.8, 4) is 0 Å². The molecule has 0 saturated heterocycles. The van der Waals surface area contributed by atoms with E-state index >= 15 is 0 Å². The summed E-state index contributed by atoms with van der Waals surface area (Å²) in [7, 11) is 0. The van der Waals surface area contributed by atoms with Crippen molar-refractivity contribution < 1.29 is 0 Å². The monoisotopic (exact) mass is 749 g/mol. The zero-order chi connectivity index (χ0) is 39.6. The van der Waals surface area contributed by atoms with Gasteiger partial charge in [-0.25, -0.2) is 0 Å². The summed E-state index contributed by atoms with van der Waals surface area (Å²) in [5, 5.41) is 0. The third kappa shape index (κ3) is 7.65. The van der Waals surface area contributed by atoms with E-state index in [-0.39, 0.29) is 0 Å². The number of benzene rings is 7. The summed E-state index contributed by atoms with van der Waals surface area (Å²) in [5.41, 5.74) is 21.5. The van der Waals surface area contributed by atoms with Crippen LogP contribution in [0, 0.1) is 27.7 Å². The van der Waals surface area contributed by atoms with Gasteiger partial charge in [0.15, 0.2) is 0 Å². The lowest BCUT2D eigenvalue weighted by Crippen LogP contribution is -2.26. The summed E-state index contributed by atoms with van der Waals surface area (Å²) < 4.78 is 0. The highest BCUT2D eigenvalue weighted by molar-refractivity contribution is 6.03. The maximum atomic E-state index is 2.64. The quantitative estimate of drug-likeness (QED) is 0.105. The summed E-state index contributed by atoms with van der Waals surface area (Å²) in [6, 6.07) is 63.5. The van der Waals surface area contributed by atoms with Crippen LogP contribution in [0.3, 0.4) is 0 Å². The molecule has 2 unspecified atom stereocenters. The highest BCUT2D eigenvalue weighted by Crippen LogP contribution is 2.52. The third-order valence-electron chi connectivity index (χ3n) is 12.2. The van der Waals surface area contributed by atoms with Crippen molar-refractivity contribution in [3.63, 3.8) is 0 Å². The molecule has 0 radical (unpaired) electrons. The van der Waals surface area contributed by atoms with Gasteiger partial charge in [-0.05, 0) is 132 Å². The van der Waals surface area contributed by atoms with Gasteiger partial charge in [0, 0.05) is 23.3 Å². The van der Waals surface area contributed by atoms with Gasteiger partial charge in [-0.1, -0.05) is 186 Å². The van der Waals surface area contributed by atoms with Gasteiger partial charge in [-0.3, -0.25) is 0 Å². The number of fused-ring (bicyclic) bond motifs is 3. The van der Waals surface area contributed by atoms with Crippen LogP contribution in [0.5, 0.6) is 0 Å². The summed E-state index contributed by atoms with van der Waals surface area (Å²) >= 11 is 0. The van der Waals surface area contributed by atoms with Gasteiger partial charge < -0.3 is 4.90 Å². The number of rotatable bonds is 9. The Kier molecular flexibility index (Phi) is 10.4. The molecule has 0 spiro atoms. The minimum Gasteiger partial charge on any atom is -0.338 e. The lowest BCUT2D eigenvalue weighted by atomic mass is 9.88. The second kappa shape index (κ2) is 16.2. The van der Waals surface area contributed by atoms with Gasteiger partial charge in [-0.2, -0.15) is 0 Å². The SMILES string of the molecule is Cc1ccc(C(=Cc2ccc3c(c2)C2CCCC2N3c2ccc(C=CC(=C(c3ccc(C)cc3)c3ccc(C)cc3)c3ccccc3)cc2)c2ccc(C)cc2)cc1. The molecule has 1 heteroatoms. The number of nitrogens with zero attached hydrogens (tertiary/aromatic N) is 1. The predicted octanol–water partition coefficient (Wildman–Crippen LogP) is 15.0. The molecular formula is C57H51N. The van der Waals surface area contributed by atoms with Gasteiger partial charge in [0.1, 0.15) is 0 Å². The average molecular weight is 750 g/mol. The van der Waals surface area contributed by atoms with Crippen LogP contribution in [0.4, 0.5) is 11.4 Å². The van der Waals surface area contributed by atoms with E-state index in [2.05, 4.69) is 221 Å². The second-order valence-corrected chi connectivity index (χ2v) is 16.4. The summed E-state index contributed by atoms with van der Waals surface area (Å²) in [6.07, 6.45) is 10.7. The first-order valence-electron chi connectivity index (χ1n) is 20.9. The number of anilines is 2. The Labute approximate surface area is 345 Å². The van der Waals surface area contributed by atoms with Crippen LogP contribution in [0.1, 0.15) is 91.9 Å². The third-order valence-corrected chi connectivity index (χ3v) is 12.2. The largest absolute Gasteiger partial charge is 0.338 e. The van der Waals surface area contributed by atoms with Crippen molar-refractivity contribution in [3.05, 3.63) is 243 Å². The Morgan fingerprint density at radius 3 is 1.57 bits per heavy atom. The van der Waals surface area contributed by atoms with Crippen LogP contribution < -0.4 is 4.90 Å². The van der Waals surface area contributed by atoms with Crippen LogP contribution >= 0.6 is 0 Å². The van der Waals surface area contributed by atoms with Crippen molar-refractivity contribution in [1.29, 1.82) is 0 Å². The molecule has 2 atom stereocenters. The van der Waals surface area contributed by atoms with E-state index < -0.39 is 0 Å². The Balaban J connectivity index is 1.06. The molecule has 7 aromatic carbocycles. The smallest absolute Gasteiger partial charge is 0.0450 e. The fourth-order valence-electron chi connectivity index (χ4n) is 9.05. The van der Waals surface area contributed by atoms with Gasteiger partial charge in [0.2, 0.25) is 0 Å². The molecule has 1 aliphatic heterocycles. The Hall–Kier alpha value is -6.44. The first-order valence-corrected chi connectivity index (χ1v) is 20.9. The molecule has 0 aromatic heterocycles. The highest BCUT2D eigenvalue weighted by Gasteiger charge is 2.42. The molecule has 58 heavy (non-hydrogen) atoms. The van der Waals surface area contributed by atoms with Gasteiger partial charge in [0.25, 0.3) is 0 Å². The van der Waals surface area contributed by atoms with Gasteiger partial charge >= 0.3 is 0 Å². The van der Waals surface area contributed by atoms with E-state index in [0.717, 1.165) is 0 Å². The van der Waals surface area contributed by atoms with E-state index in [0.29, 0.717) is 12.0 Å². The van der Waals surface area contributed by atoms with E-state index in [1.807, 2.05) is 0 Å². The zero-order valence-electron chi connectivity index (χ0n) is 34.1. The molecule has 0 N–H and O–H groups in total. The minimum absolute atomic E-state index is 0.489. The van der Waals surface area contributed by atoms with Crippen LogP contribution in [0.2, 0.25) is 0 Å². The number of hydrogen-bond donors (Lipinski definition) is 0. The predicted molar refractivity (Wildman–Crippen MR) is 248 cm³/mol. The summed E-state index contributed by atoms with van der Waals surface area (Å²) in [4.78, 5) is 2.64. The molecule has 1 fully saturated rings. The summed E-state index contributed by atoms with van der Waals surface area (Å²) in [6.45, 7) is 8.61. The molecule has 0 bridgehead atoms. The molecular weight excluding hydrogens is 699 g/mol. The first kappa shape index (κ1) is 37.2. The lowest BCUT2D eigenvalue weighted by molar-refractivity contribution is 0.642. The zero-order valence-corrected chi connectivity index (χ0v) is 34.1. The molecule has 1 nitrogen and oxygen atoms in total. The molecule has 284 valence electrons. The number of aryl methyl sites for hydroxylation is 4. The van der Waals surface area contributed by atoms with Gasteiger partial charge in [-0.15, -0.1) is 0 Å². The van der Waals surface area contributed by atoms with Crippen molar-refractivity contribution in [2.24, 2.45) is 0 Å². The molecule has 1 saturated carbocycles. The molecule has 7 aromatic rings. The molecule has 9 rings (SSSR count). The van der Waals surface area contributed by atoms with E-state index in [9.17, 15) is 0 Å². The Morgan fingerprint density at radius 1 is 0.500 bits per heavy atom. The van der Waals surface area contributed by atoms with E-state index in [1.54, 1.807) is 0 Å². The van der Waals surface area contributed by atoms with E-state index in [1.165, 1.54) is 114 Å². The molecule has 1 aliphatic carbocycles. The number of hydrogen-bond acceptors (Lipinski definition) is 1. The topological polar surface area (TPSA) is 3.24 Å². The fraction of sp³-hybridized carbons (Fsp3) is 0.158. The maximum Gasteiger partial charge on any atom is 0.0450 e. The minimum atomic E-state index is 0.489. The van der Waals surface area contributed by atoms with Crippen LogP contribution in [-0.4, -0.2) is 6.04 Å². The molecule has 1 heterocycles. The van der Waals surface area contributed by atoms with Crippen LogP contribution in [0.25, 0.3) is 28.9 Å². The normalized spacial score (nSPS) is 15.6. The Bertz CT molecular complexity index is 2530. The fourth-order valence-corrected chi connectivity index (χ4v) is 9.05. The average Bonchev–Trinajstić information content (AvgIpc) is 3.85. The standard InChI is InChI=1S/C57H51N/c1-39-13-25-46(26-14-39)53(47-27-15-40(2)16-28-47)37-44-24-36-56-54(38-44)52-11-8-12-55(52)58(56)50-33-21-43(22-34-50)23-35-51(45-9-6-5-7-10-45)57(48-29-17-41(3)18-30-48)49-31-19-42(4)20-32-49/h5-7,9-10,13-38,52,55H,8,11-12H2,1-4H3. The highest BCUT2D eigenvalue weighted by atomic mass is 15.2. The van der Waals surface area contributed by atoms with E-state index in [4.69, 9.17) is 0 Å². The molecule has 2 aliphatic rings. The maximum absolute atomic E-state index is 2.64. The van der Waals surface area contributed by atoms with Crippen molar-refractivity contribution in [2.45, 2.75) is 58.9 Å². The summed E-state index contributed by atoms with van der Waals surface area (Å²) in [5.74, 6) is 0.547. The first-order chi connectivity index (χ1) is 28.4. The van der Waals surface area contributed by atoms with Gasteiger partial charge in [0.05, 0.1) is 0 Å². The second-order valence-electron chi connectivity index (χ2n) is 16.4. The van der Waals surface area contributed by atoms with Crippen molar-refractivity contribution in [1.82, 2.24) is 0 Å². The van der Waals surface area contributed by atoms with Crippen molar-refractivity contribution >= 4 is 40.2 Å². The molecule has 0 amide bonds. The van der Waals surface area contributed by atoms with Crippen molar-refractivity contribution in [2.75, 3.05) is 4.90 Å². The van der Waals surface area contributed by atoms with Crippen LogP contribution in [0.15, 0.2) is 176 Å². The number of allylic oxidation sites excluding steroid dienone is 2. The lowest BCUT2D eigenvalue weighted by Gasteiger charge is -2.27. The Morgan fingerprint density at radius 2 is 1.02 bits per heavy atom. The van der Waals surface area contributed by atoms with Crippen LogP contribution in [-0.2, 0) is 0 Å².